The molecule has 0 spiro atoms. The van der Waals surface area contributed by atoms with Crippen LogP contribution in [0.4, 0.5) is 4.39 Å². The molecule has 0 aliphatic heterocycles. The second-order valence-electron chi connectivity index (χ2n) is 3.34. The van der Waals surface area contributed by atoms with Crippen LogP contribution in [0.1, 0.15) is 17.3 Å². The van der Waals surface area contributed by atoms with Gasteiger partial charge in [-0.1, -0.05) is 18.7 Å². The lowest BCUT2D eigenvalue weighted by Crippen LogP contribution is -2.36. The van der Waals surface area contributed by atoms with Gasteiger partial charge in [-0.3, -0.25) is 9.59 Å². The van der Waals surface area contributed by atoms with Crippen LogP contribution in [0.25, 0.3) is 0 Å². The molecule has 2 N–H and O–H groups in total. The average Bonchev–Trinajstić information content (AvgIpc) is 2.30. The molecule has 1 aromatic rings. The van der Waals surface area contributed by atoms with E-state index in [4.69, 9.17) is 5.73 Å². The highest BCUT2D eigenvalue weighted by Crippen LogP contribution is 2.13. The molecule has 0 aliphatic carbocycles. The molecule has 1 rings (SSSR count). The van der Waals surface area contributed by atoms with Crippen molar-refractivity contribution in [2.75, 3.05) is 6.54 Å². The topological polar surface area (TPSA) is 63.4 Å². The zero-order valence-corrected chi connectivity index (χ0v) is 9.44. The van der Waals surface area contributed by atoms with E-state index < -0.39 is 17.6 Å². The van der Waals surface area contributed by atoms with Crippen molar-refractivity contribution in [1.82, 2.24) is 4.90 Å². The standard InChI is InChI=1S/C12H13FN2O2/c1-3-15(8(2)11(14)16)12(17)9-6-4-5-7-10(9)13/h4-7H,2-3H2,1H3,(H2,14,16). The lowest BCUT2D eigenvalue weighted by atomic mass is 10.1. The highest BCUT2D eigenvalue weighted by Gasteiger charge is 2.22. The maximum atomic E-state index is 13.4. The van der Waals surface area contributed by atoms with Crippen LogP contribution in [0, 0.1) is 5.82 Å². The summed E-state index contributed by atoms with van der Waals surface area (Å²) in [5.41, 5.74) is 4.77. The van der Waals surface area contributed by atoms with Gasteiger partial charge in [-0.05, 0) is 19.1 Å². The fraction of sp³-hybridized carbons (Fsp3) is 0.167. The number of nitrogens with zero attached hydrogens (tertiary/aromatic N) is 1. The number of rotatable bonds is 4. The second kappa shape index (κ2) is 5.25. The van der Waals surface area contributed by atoms with Gasteiger partial charge in [0.2, 0.25) is 0 Å². The van der Waals surface area contributed by atoms with Gasteiger partial charge < -0.3 is 10.6 Å². The Bertz CT molecular complexity index is 471. The Labute approximate surface area is 98.5 Å². The van der Waals surface area contributed by atoms with Crippen molar-refractivity contribution in [2.24, 2.45) is 5.73 Å². The molecule has 0 fully saturated rings. The molecule has 2 amide bonds. The first-order valence-corrected chi connectivity index (χ1v) is 5.04. The number of nitrogens with two attached hydrogens (primary N) is 1. The number of carbonyl (C=O) groups is 2. The Hall–Kier alpha value is -2.17. The molecule has 0 heterocycles. The van der Waals surface area contributed by atoms with E-state index in [9.17, 15) is 14.0 Å². The summed E-state index contributed by atoms with van der Waals surface area (Å²) in [6.07, 6.45) is 0. The minimum atomic E-state index is -0.809. The molecule has 0 saturated heterocycles. The van der Waals surface area contributed by atoms with E-state index in [1.54, 1.807) is 6.92 Å². The lowest BCUT2D eigenvalue weighted by Gasteiger charge is -2.21. The Morgan fingerprint density at radius 2 is 2.00 bits per heavy atom. The molecule has 0 saturated carbocycles. The van der Waals surface area contributed by atoms with Crippen LogP contribution in [0.5, 0.6) is 0 Å². The summed E-state index contributed by atoms with van der Waals surface area (Å²) >= 11 is 0. The first kappa shape index (κ1) is 12.9. The van der Waals surface area contributed by atoms with Crippen molar-refractivity contribution < 1.29 is 14.0 Å². The Morgan fingerprint density at radius 1 is 1.41 bits per heavy atom. The molecular weight excluding hydrogens is 223 g/mol. The third-order valence-electron chi connectivity index (χ3n) is 2.28. The maximum absolute atomic E-state index is 13.4. The predicted molar refractivity (Wildman–Crippen MR) is 61.4 cm³/mol. The van der Waals surface area contributed by atoms with Crippen LogP contribution in [-0.4, -0.2) is 23.3 Å². The SMILES string of the molecule is C=C(C(N)=O)N(CC)C(=O)c1ccccc1F. The van der Waals surface area contributed by atoms with E-state index >= 15 is 0 Å². The monoisotopic (exact) mass is 236 g/mol. The van der Waals surface area contributed by atoms with Crippen LogP contribution < -0.4 is 5.73 Å². The van der Waals surface area contributed by atoms with Gasteiger partial charge in [0.15, 0.2) is 0 Å². The van der Waals surface area contributed by atoms with Crippen LogP contribution in [0.2, 0.25) is 0 Å². The molecule has 0 atom stereocenters. The molecule has 0 unspecified atom stereocenters. The van der Waals surface area contributed by atoms with Gasteiger partial charge >= 0.3 is 0 Å². The first-order valence-electron chi connectivity index (χ1n) is 5.04. The van der Waals surface area contributed by atoms with Gasteiger partial charge in [0.05, 0.1) is 5.56 Å². The van der Waals surface area contributed by atoms with Crippen LogP contribution in [-0.2, 0) is 4.79 Å². The van der Waals surface area contributed by atoms with E-state index in [1.165, 1.54) is 24.3 Å². The molecule has 1 aromatic carbocycles. The summed E-state index contributed by atoms with van der Waals surface area (Å²) in [5, 5.41) is 0. The third-order valence-corrected chi connectivity index (χ3v) is 2.28. The fourth-order valence-corrected chi connectivity index (χ4v) is 1.37. The minimum absolute atomic E-state index is 0.114. The normalized spacial score (nSPS) is 9.76. The molecule has 0 radical (unpaired) electrons. The predicted octanol–water partition coefficient (Wildman–Crippen LogP) is 1.29. The fourth-order valence-electron chi connectivity index (χ4n) is 1.37. The number of primary amides is 1. The molecule has 0 bridgehead atoms. The van der Waals surface area contributed by atoms with Crippen LogP contribution in [0.3, 0.4) is 0 Å². The zero-order valence-electron chi connectivity index (χ0n) is 9.44. The second-order valence-corrected chi connectivity index (χ2v) is 3.34. The molecular formula is C12H13FN2O2. The highest BCUT2D eigenvalue weighted by atomic mass is 19.1. The van der Waals surface area contributed by atoms with Gasteiger partial charge in [-0.2, -0.15) is 0 Å². The summed E-state index contributed by atoms with van der Waals surface area (Å²) in [4.78, 5) is 24.0. The molecule has 5 heteroatoms. The minimum Gasteiger partial charge on any atom is -0.364 e. The van der Waals surface area contributed by atoms with Crippen molar-refractivity contribution in [3.63, 3.8) is 0 Å². The van der Waals surface area contributed by atoms with Crippen molar-refractivity contribution in [3.8, 4) is 0 Å². The summed E-state index contributed by atoms with van der Waals surface area (Å²) in [6.45, 7) is 5.24. The Kier molecular flexibility index (Phi) is 3.98. The molecule has 4 nitrogen and oxygen atoms in total. The maximum Gasteiger partial charge on any atom is 0.264 e. The van der Waals surface area contributed by atoms with Gasteiger partial charge in [-0.15, -0.1) is 0 Å². The number of amides is 2. The van der Waals surface area contributed by atoms with E-state index in [2.05, 4.69) is 6.58 Å². The van der Waals surface area contributed by atoms with Gasteiger partial charge in [0.25, 0.3) is 11.8 Å². The molecule has 90 valence electrons. The molecule has 17 heavy (non-hydrogen) atoms. The lowest BCUT2D eigenvalue weighted by molar-refractivity contribution is -0.115. The number of hydrogen-bond acceptors (Lipinski definition) is 2. The molecule has 0 aliphatic rings. The van der Waals surface area contributed by atoms with E-state index in [0.29, 0.717) is 0 Å². The number of likely N-dealkylation sites (N-methyl/N-ethyl adjacent to an activating group) is 1. The zero-order chi connectivity index (χ0) is 13.0. The van der Waals surface area contributed by atoms with Gasteiger partial charge in [0.1, 0.15) is 11.5 Å². The largest absolute Gasteiger partial charge is 0.364 e. The van der Waals surface area contributed by atoms with E-state index in [-0.39, 0.29) is 17.8 Å². The Balaban J connectivity index is 3.07. The smallest absolute Gasteiger partial charge is 0.264 e. The number of benzene rings is 1. The average molecular weight is 236 g/mol. The quantitative estimate of drug-likeness (QED) is 0.800. The summed E-state index contributed by atoms with van der Waals surface area (Å²) in [6, 6.07) is 5.53. The highest BCUT2D eigenvalue weighted by molar-refractivity contribution is 6.02. The van der Waals surface area contributed by atoms with Crippen molar-refractivity contribution in [3.05, 3.63) is 47.9 Å². The number of hydrogen-bond donors (Lipinski definition) is 1. The summed E-state index contributed by atoms with van der Waals surface area (Å²) in [7, 11) is 0. The van der Waals surface area contributed by atoms with Crippen LogP contribution in [0.15, 0.2) is 36.5 Å². The van der Waals surface area contributed by atoms with E-state index in [1.807, 2.05) is 0 Å². The molecule has 0 aromatic heterocycles. The number of carbonyl (C=O) groups excluding carboxylic acids is 2. The van der Waals surface area contributed by atoms with Gasteiger partial charge in [-0.25, -0.2) is 4.39 Å². The Morgan fingerprint density at radius 3 is 2.47 bits per heavy atom. The van der Waals surface area contributed by atoms with Crippen molar-refractivity contribution >= 4 is 11.8 Å². The summed E-state index contributed by atoms with van der Waals surface area (Å²) < 4.78 is 13.4. The van der Waals surface area contributed by atoms with Crippen molar-refractivity contribution in [1.29, 1.82) is 0 Å². The first-order chi connectivity index (χ1) is 7.99. The van der Waals surface area contributed by atoms with E-state index in [0.717, 1.165) is 4.90 Å². The van der Waals surface area contributed by atoms with Crippen molar-refractivity contribution in [2.45, 2.75) is 6.92 Å². The van der Waals surface area contributed by atoms with Gasteiger partial charge in [0, 0.05) is 6.54 Å². The number of halogens is 1. The van der Waals surface area contributed by atoms with Crippen LogP contribution >= 0.6 is 0 Å². The third kappa shape index (κ3) is 2.69. The summed E-state index contributed by atoms with van der Waals surface area (Å²) in [5.74, 6) is -2.08.